The van der Waals surface area contributed by atoms with E-state index in [2.05, 4.69) is 24.4 Å². The molecule has 6 heteroatoms. The van der Waals surface area contributed by atoms with Crippen LogP contribution in [0.15, 0.2) is 12.4 Å². The fraction of sp³-hybridized carbons (Fsp3) is 0. The van der Waals surface area contributed by atoms with E-state index < -0.39 is 0 Å². The summed E-state index contributed by atoms with van der Waals surface area (Å²) in [6.07, 6.45) is 3.36. The summed E-state index contributed by atoms with van der Waals surface area (Å²) in [7, 11) is 2.46. The van der Waals surface area contributed by atoms with Gasteiger partial charge in [0.2, 0.25) is 0 Å². The highest BCUT2D eigenvalue weighted by Gasteiger charge is 2.03. The van der Waals surface area contributed by atoms with Crippen molar-refractivity contribution in [2.24, 2.45) is 0 Å². The molecule has 0 aliphatic heterocycles. The van der Waals surface area contributed by atoms with Crippen molar-refractivity contribution in [2.45, 2.75) is 0 Å². The molecule has 0 radical (unpaired) electrons. The van der Waals surface area contributed by atoms with Crippen LogP contribution in [0, 0.1) is 0 Å². The number of rotatable bonds is 0. The Kier molecular flexibility index (Phi) is 1.51. The van der Waals surface area contributed by atoms with Gasteiger partial charge in [0.1, 0.15) is 0 Å². The van der Waals surface area contributed by atoms with Crippen LogP contribution in [0.25, 0.3) is 5.65 Å². The predicted octanol–water partition coefficient (Wildman–Crippen LogP) is 0.278. The van der Waals surface area contributed by atoms with E-state index in [4.69, 9.17) is 11.6 Å². The van der Waals surface area contributed by atoms with Gasteiger partial charge in [-0.05, 0) is 0 Å². The maximum absolute atomic E-state index is 5.73. The second-order valence-corrected chi connectivity index (χ2v) is 2.84. The zero-order chi connectivity index (χ0) is 7.84. The Bertz CT molecular complexity index is 398. The molecule has 2 rings (SSSR count). The normalized spacial score (nSPS) is 10.7. The largest absolute Gasteiger partial charge is 0.279 e. The molecule has 0 bridgehead atoms. The average molecular weight is 187 g/mol. The van der Waals surface area contributed by atoms with Gasteiger partial charge in [0.05, 0.1) is 0 Å². The molecule has 0 aliphatic rings. The van der Waals surface area contributed by atoms with Crippen LogP contribution < -0.4 is 5.57 Å². The summed E-state index contributed by atoms with van der Waals surface area (Å²) in [5.41, 5.74) is 1.31. The van der Waals surface area contributed by atoms with Crippen LogP contribution in [-0.4, -0.2) is 19.6 Å². The molecule has 11 heavy (non-hydrogen) atoms. The van der Waals surface area contributed by atoms with Gasteiger partial charge >= 0.3 is 0 Å². The van der Waals surface area contributed by atoms with Crippen LogP contribution in [0.3, 0.4) is 0 Å². The van der Waals surface area contributed by atoms with Crippen molar-refractivity contribution in [3.8, 4) is 0 Å². The Morgan fingerprint density at radius 3 is 3.00 bits per heavy atom. The van der Waals surface area contributed by atoms with Crippen LogP contribution in [-0.2, 0) is 0 Å². The highest BCUT2D eigenvalue weighted by Crippen LogP contribution is 2.08. The highest BCUT2D eigenvalue weighted by molar-refractivity contribution is 7.26. The van der Waals surface area contributed by atoms with Crippen molar-refractivity contribution >= 4 is 32.1 Å². The van der Waals surface area contributed by atoms with E-state index >= 15 is 0 Å². The van der Waals surface area contributed by atoms with Gasteiger partial charge in [-0.2, -0.15) is 0 Å². The highest BCUT2D eigenvalue weighted by atomic mass is 35.5. The predicted molar refractivity (Wildman–Crippen MR) is 45.1 cm³/mol. The lowest BCUT2D eigenvalue weighted by atomic mass is 10.7. The summed E-state index contributed by atoms with van der Waals surface area (Å²) in [4.78, 5) is 3.85. The molecule has 1 unspecified atom stereocenters. The molecule has 2 heterocycles. The molecule has 0 N–H and O–H groups in total. The summed E-state index contributed by atoms with van der Waals surface area (Å²) >= 11 is 5.73. The number of hydrogen-bond donors (Lipinski definition) is 0. The lowest BCUT2D eigenvalue weighted by Crippen LogP contribution is -2.02. The third-order valence-electron chi connectivity index (χ3n) is 1.31. The molecule has 2 aromatic heterocycles. The minimum Gasteiger partial charge on any atom is -0.279 e. The third kappa shape index (κ3) is 0.988. The number of nitrogens with zero attached hydrogens (tertiary/aromatic N) is 4. The van der Waals surface area contributed by atoms with Crippen LogP contribution in [0.5, 0.6) is 0 Å². The van der Waals surface area contributed by atoms with Gasteiger partial charge in [-0.1, -0.05) is 20.8 Å². The molecule has 0 fully saturated rings. The van der Waals surface area contributed by atoms with Crippen LogP contribution in [0.4, 0.5) is 0 Å². The van der Waals surface area contributed by atoms with E-state index in [1.165, 1.54) is 0 Å². The summed E-state index contributed by atoms with van der Waals surface area (Å²) in [6.45, 7) is 0. The van der Waals surface area contributed by atoms with E-state index in [9.17, 15) is 0 Å². The lowest BCUT2D eigenvalue weighted by molar-refractivity contribution is 1.13. The quantitative estimate of drug-likeness (QED) is 0.555. The Labute approximate surface area is 69.8 Å². The summed E-state index contributed by atoms with van der Waals surface area (Å²) < 4.78 is 1.75. The zero-order valence-electron chi connectivity index (χ0n) is 5.40. The lowest BCUT2D eigenvalue weighted by Gasteiger charge is -1.92. The Morgan fingerprint density at radius 1 is 1.45 bits per heavy atom. The Balaban J connectivity index is 2.94. The Morgan fingerprint density at radius 2 is 2.27 bits per heavy atom. The topological polar surface area (TPSA) is 43.1 Å². The second kappa shape index (κ2) is 2.40. The zero-order valence-corrected chi connectivity index (χ0v) is 7.31. The molecular formula is C5H4ClN4P. The van der Waals surface area contributed by atoms with Crippen molar-refractivity contribution in [3.05, 3.63) is 17.5 Å². The maximum atomic E-state index is 5.73. The molecule has 0 aromatic carbocycles. The van der Waals surface area contributed by atoms with Gasteiger partial charge in [0, 0.05) is 12.4 Å². The first-order valence-corrected chi connectivity index (χ1v) is 3.85. The first-order chi connectivity index (χ1) is 5.29. The fourth-order valence-corrected chi connectivity index (χ4v) is 1.27. The van der Waals surface area contributed by atoms with Crippen molar-refractivity contribution in [1.29, 1.82) is 0 Å². The molecule has 1 atom stereocenters. The van der Waals surface area contributed by atoms with Gasteiger partial charge in [-0.15, -0.1) is 10.2 Å². The average Bonchev–Trinajstić information content (AvgIpc) is 2.35. The third-order valence-corrected chi connectivity index (χ3v) is 1.97. The van der Waals surface area contributed by atoms with Crippen LogP contribution >= 0.6 is 20.8 Å². The minimum atomic E-state index is 0.369. The van der Waals surface area contributed by atoms with Crippen molar-refractivity contribution in [2.75, 3.05) is 0 Å². The van der Waals surface area contributed by atoms with E-state index in [1.807, 2.05) is 0 Å². The first kappa shape index (κ1) is 6.95. The molecule has 56 valence electrons. The second-order valence-electron chi connectivity index (χ2n) is 1.97. The van der Waals surface area contributed by atoms with Crippen LogP contribution in [0.2, 0.25) is 5.15 Å². The molecule has 0 aliphatic carbocycles. The van der Waals surface area contributed by atoms with E-state index in [0.717, 1.165) is 5.57 Å². The van der Waals surface area contributed by atoms with E-state index in [-0.39, 0.29) is 0 Å². The standard InChI is InChI=1S/C5H4ClN4P/c6-3-4-8-9-5(11)10(4)2-1-7-3/h1-2H,11H2. The number of fused-ring (bicyclic) bond motifs is 1. The van der Waals surface area contributed by atoms with Gasteiger partial charge in [-0.3, -0.25) is 4.40 Å². The fourth-order valence-electron chi connectivity index (χ4n) is 0.814. The Hall–Kier alpha value is -0.730. The summed E-state index contributed by atoms with van der Waals surface area (Å²) in [5, 5.41) is 7.99. The molecule has 2 aromatic rings. The molecule has 0 spiro atoms. The molecule has 0 saturated heterocycles. The van der Waals surface area contributed by atoms with E-state index in [0.29, 0.717) is 10.8 Å². The van der Waals surface area contributed by atoms with Crippen molar-refractivity contribution in [1.82, 2.24) is 19.6 Å². The molecular weight excluding hydrogens is 183 g/mol. The maximum Gasteiger partial charge on any atom is 0.198 e. The van der Waals surface area contributed by atoms with Crippen molar-refractivity contribution < 1.29 is 0 Å². The molecule has 4 nitrogen and oxygen atoms in total. The first-order valence-electron chi connectivity index (χ1n) is 2.90. The summed E-state index contributed by atoms with van der Waals surface area (Å²) in [5.74, 6) is 0. The van der Waals surface area contributed by atoms with Gasteiger partial charge < -0.3 is 0 Å². The smallest absolute Gasteiger partial charge is 0.198 e. The van der Waals surface area contributed by atoms with Gasteiger partial charge in [0.25, 0.3) is 0 Å². The SMILES string of the molecule is Pc1nnc2c(Cl)nccn12. The van der Waals surface area contributed by atoms with Crippen molar-refractivity contribution in [3.63, 3.8) is 0 Å². The molecule has 0 amide bonds. The number of hydrogen-bond acceptors (Lipinski definition) is 3. The van der Waals surface area contributed by atoms with Crippen LogP contribution in [0.1, 0.15) is 0 Å². The van der Waals surface area contributed by atoms with Gasteiger partial charge in [-0.25, -0.2) is 4.98 Å². The monoisotopic (exact) mass is 186 g/mol. The summed E-state index contributed by atoms with van der Waals surface area (Å²) in [6, 6.07) is 0. The number of aromatic nitrogens is 4. The van der Waals surface area contributed by atoms with Gasteiger partial charge in [0.15, 0.2) is 16.4 Å². The number of halogens is 1. The minimum absolute atomic E-state index is 0.369. The molecule has 0 saturated carbocycles. The van der Waals surface area contributed by atoms with E-state index in [1.54, 1.807) is 16.8 Å².